The highest BCUT2D eigenvalue weighted by Gasteiger charge is 2.32. The minimum atomic E-state index is -3.70. The van der Waals surface area contributed by atoms with Crippen LogP contribution in [0.15, 0.2) is 29.2 Å². The molecule has 0 aromatic heterocycles. The van der Waals surface area contributed by atoms with Crippen molar-refractivity contribution >= 4 is 16.0 Å². The smallest absolute Gasteiger partial charge is 0.337 e. The molecule has 0 aliphatic heterocycles. The van der Waals surface area contributed by atoms with E-state index < -0.39 is 21.6 Å². The van der Waals surface area contributed by atoms with Crippen LogP contribution in [0, 0.1) is 0 Å². The van der Waals surface area contributed by atoms with Gasteiger partial charge in [-0.25, -0.2) is 17.9 Å². The Bertz CT molecular complexity index is 603. The summed E-state index contributed by atoms with van der Waals surface area (Å²) in [6.45, 7) is 0.00802. The van der Waals surface area contributed by atoms with E-state index in [2.05, 4.69) is 9.46 Å². The number of hydrogen-bond donors (Lipinski definition) is 2. The SMILES string of the molecule is COC(=O)c1ccc(S(=O)(=O)NCC2(O)CCCC2)cc1. The van der Waals surface area contributed by atoms with Crippen LogP contribution in [0.1, 0.15) is 36.0 Å². The fourth-order valence-electron chi connectivity index (χ4n) is 2.41. The summed E-state index contributed by atoms with van der Waals surface area (Å²) in [5, 5.41) is 10.2. The highest BCUT2D eigenvalue weighted by molar-refractivity contribution is 7.89. The number of benzene rings is 1. The van der Waals surface area contributed by atoms with Gasteiger partial charge in [0.1, 0.15) is 0 Å². The Morgan fingerprint density at radius 2 is 1.86 bits per heavy atom. The van der Waals surface area contributed by atoms with Crippen LogP contribution >= 0.6 is 0 Å². The third kappa shape index (κ3) is 3.81. The molecule has 1 fully saturated rings. The predicted molar refractivity (Wildman–Crippen MR) is 76.4 cm³/mol. The van der Waals surface area contributed by atoms with Gasteiger partial charge in [0, 0.05) is 6.54 Å². The second-order valence-corrected chi connectivity index (χ2v) is 7.04. The van der Waals surface area contributed by atoms with Crippen LogP contribution in [0.5, 0.6) is 0 Å². The van der Waals surface area contributed by atoms with Crippen molar-refractivity contribution in [3.05, 3.63) is 29.8 Å². The van der Waals surface area contributed by atoms with Crippen LogP contribution < -0.4 is 4.72 Å². The molecule has 6 nitrogen and oxygen atoms in total. The number of carbonyl (C=O) groups is 1. The third-order valence-corrected chi connectivity index (χ3v) is 5.13. The average Bonchev–Trinajstić information content (AvgIpc) is 2.92. The number of carbonyl (C=O) groups excluding carboxylic acids is 1. The van der Waals surface area contributed by atoms with E-state index in [0.29, 0.717) is 12.8 Å². The van der Waals surface area contributed by atoms with E-state index in [0.717, 1.165) is 12.8 Å². The largest absolute Gasteiger partial charge is 0.465 e. The van der Waals surface area contributed by atoms with Crippen LogP contribution in [-0.2, 0) is 14.8 Å². The second-order valence-electron chi connectivity index (χ2n) is 5.27. The molecule has 0 radical (unpaired) electrons. The van der Waals surface area contributed by atoms with Gasteiger partial charge in [0.2, 0.25) is 10.0 Å². The van der Waals surface area contributed by atoms with Gasteiger partial charge < -0.3 is 9.84 Å². The van der Waals surface area contributed by atoms with Crippen LogP contribution in [0.25, 0.3) is 0 Å². The lowest BCUT2D eigenvalue weighted by Crippen LogP contribution is -2.40. The maximum atomic E-state index is 12.1. The van der Waals surface area contributed by atoms with E-state index in [1.165, 1.54) is 31.4 Å². The summed E-state index contributed by atoms with van der Waals surface area (Å²) in [6, 6.07) is 5.47. The zero-order valence-corrected chi connectivity index (χ0v) is 12.6. The Labute approximate surface area is 124 Å². The fourth-order valence-corrected chi connectivity index (χ4v) is 3.53. The molecule has 0 saturated heterocycles. The van der Waals surface area contributed by atoms with Gasteiger partial charge in [-0.15, -0.1) is 0 Å². The van der Waals surface area contributed by atoms with Crippen molar-refractivity contribution in [1.29, 1.82) is 0 Å². The Hall–Kier alpha value is -1.44. The number of hydrogen-bond acceptors (Lipinski definition) is 5. The lowest BCUT2D eigenvalue weighted by molar-refractivity contribution is 0.0531. The number of esters is 1. The van der Waals surface area contributed by atoms with Crippen molar-refractivity contribution in [2.75, 3.05) is 13.7 Å². The first-order valence-corrected chi connectivity index (χ1v) is 8.25. The molecule has 2 N–H and O–H groups in total. The van der Waals surface area contributed by atoms with Crippen molar-refractivity contribution in [3.63, 3.8) is 0 Å². The van der Waals surface area contributed by atoms with Gasteiger partial charge in [0.15, 0.2) is 0 Å². The fraction of sp³-hybridized carbons (Fsp3) is 0.500. The van der Waals surface area contributed by atoms with Gasteiger partial charge in [0.05, 0.1) is 23.2 Å². The van der Waals surface area contributed by atoms with Crippen molar-refractivity contribution in [3.8, 4) is 0 Å². The quantitative estimate of drug-likeness (QED) is 0.793. The number of methoxy groups -OCH3 is 1. The van der Waals surface area contributed by atoms with Gasteiger partial charge in [-0.1, -0.05) is 12.8 Å². The Morgan fingerprint density at radius 3 is 2.38 bits per heavy atom. The van der Waals surface area contributed by atoms with Gasteiger partial charge in [-0.05, 0) is 37.1 Å². The van der Waals surface area contributed by atoms with E-state index in [1.54, 1.807) is 0 Å². The maximum absolute atomic E-state index is 12.1. The Balaban J connectivity index is 2.07. The molecule has 0 atom stereocenters. The first-order chi connectivity index (χ1) is 9.86. The van der Waals surface area contributed by atoms with Crippen LogP contribution in [0.4, 0.5) is 0 Å². The maximum Gasteiger partial charge on any atom is 0.337 e. The third-order valence-electron chi connectivity index (χ3n) is 3.71. The molecule has 0 heterocycles. The minimum Gasteiger partial charge on any atom is -0.465 e. The predicted octanol–water partition coefficient (Wildman–Crippen LogP) is 1.06. The van der Waals surface area contributed by atoms with E-state index in [9.17, 15) is 18.3 Å². The summed E-state index contributed by atoms with van der Waals surface area (Å²) in [5.41, 5.74) is -0.662. The normalized spacial score (nSPS) is 17.6. The zero-order valence-electron chi connectivity index (χ0n) is 11.8. The molecule has 21 heavy (non-hydrogen) atoms. The summed E-state index contributed by atoms with van der Waals surface area (Å²) < 4.78 is 31.3. The highest BCUT2D eigenvalue weighted by atomic mass is 32.2. The molecule has 0 unspecified atom stereocenters. The molecular formula is C14H19NO5S. The van der Waals surface area contributed by atoms with Crippen LogP contribution in [-0.4, -0.2) is 38.7 Å². The van der Waals surface area contributed by atoms with E-state index in [4.69, 9.17) is 0 Å². The molecule has 116 valence electrons. The monoisotopic (exact) mass is 313 g/mol. The molecular weight excluding hydrogens is 294 g/mol. The number of nitrogens with one attached hydrogen (secondary N) is 1. The molecule has 0 amide bonds. The highest BCUT2D eigenvalue weighted by Crippen LogP contribution is 2.29. The molecule has 1 aromatic rings. The number of rotatable bonds is 5. The molecule has 0 bridgehead atoms. The Kier molecular flexibility index (Phi) is 4.65. The first-order valence-electron chi connectivity index (χ1n) is 6.77. The summed E-state index contributed by atoms with van der Waals surface area (Å²) >= 11 is 0. The standard InChI is InChI=1S/C14H19NO5S/c1-20-13(16)11-4-6-12(7-5-11)21(18,19)15-10-14(17)8-2-3-9-14/h4-7,15,17H,2-3,8-10H2,1H3. The van der Waals surface area contributed by atoms with Crippen molar-refractivity contribution in [1.82, 2.24) is 4.72 Å². The van der Waals surface area contributed by atoms with Crippen molar-refractivity contribution in [2.45, 2.75) is 36.2 Å². The number of sulfonamides is 1. The Morgan fingerprint density at radius 1 is 1.29 bits per heavy atom. The van der Waals surface area contributed by atoms with Gasteiger partial charge >= 0.3 is 5.97 Å². The average molecular weight is 313 g/mol. The number of aliphatic hydroxyl groups is 1. The molecule has 2 rings (SSSR count). The van der Waals surface area contributed by atoms with E-state index in [1.807, 2.05) is 0 Å². The van der Waals surface area contributed by atoms with E-state index in [-0.39, 0.29) is 17.0 Å². The van der Waals surface area contributed by atoms with Crippen molar-refractivity contribution in [2.24, 2.45) is 0 Å². The summed E-state index contributed by atoms with van der Waals surface area (Å²) in [4.78, 5) is 11.3. The van der Waals surface area contributed by atoms with Crippen LogP contribution in [0.3, 0.4) is 0 Å². The second kappa shape index (κ2) is 6.13. The van der Waals surface area contributed by atoms with Gasteiger partial charge in [-0.2, -0.15) is 0 Å². The minimum absolute atomic E-state index is 0.00802. The summed E-state index contributed by atoms with van der Waals surface area (Å²) in [6.07, 6.45) is 3.03. The molecule has 7 heteroatoms. The van der Waals surface area contributed by atoms with Gasteiger partial charge in [-0.3, -0.25) is 0 Å². The first kappa shape index (κ1) is 15.9. The zero-order chi connectivity index (χ0) is 15.5. The van der Waals surface area contributed by atoms with Gasteiger partial charge in [0.25, 0.3) is 0 Å². The lowest BCUT2D eigenvalue weighted by atomic mass is 10.0. The lowest BCUT2D eigenvalue weighted by Gasteiger charge is -2.22. The number of ether oxygens (including phenoxy) is 1. The van der Waals surface area contributed by atoms with E-state index >= 15 is 0 Å². The summed E-state index contributed by atoms with van der Waals surface area (Å²) in [7, 11) is -2.44. The summed E-state index contributed by atoms with van der Waals surface area (Å²) in [5.74, 6) is -0.521. The molecule has 1 aromatic carbocycles. The molecule has 0 spiro atoms. The molecule has 1 aliphatic carbocycles. The molecule has 1 aliphatic rings. The topological polar surface area (TPSA) is 92.7 Å². The molecule has 1 saturated carbocycles. The van der Waals surface area contributed by atoms with Crippen LogP contribution in [0.2, 0.25) is 0 Å². The van der Waals surface area contributed by atoms with Crippen molar-refractivity contribution < 1.29 is 23.1 Å².